The van der Waals surface area contributed by atoms with E-state index < -0.39 is 15.7 Å². The lowest BCUT2D eigenvalue weighted by molar-refractivity contribution is 0.0936. The van der Waals surface area contributed by atoms with E-state index in [0.717, 1.165) is 0 Å². The monoisotopic (exact) mass is 313 g/mol. The molecule has 6 nitrogen and oxygen atoms in total. The predicted molar refractivity (Wildman–Crippen MR) is 74.7 cm³/mol. The quantitative estimate of drug-likeness (QED) is 0.893. The molecule has 1 aliphatic rings. The Morgan fingerprint density at radius 2 is 2.25 bits per heavy atom. The summed E-state index contributed by atoms with van der Waals surface area (Å²) in [5, 5.41) is 7.06. The van der Waals surface area contributed by atoms with Crippen LogP contribution in [0.25, 0.3) is 5.52 Å². The van der Waals surface area contributed by atoms with Gasteiger partial charge in [0.2, 0.25) is 0 Å². The number of nitrogens with zero attached hydrogens (tertiary/aromatic N) is 2. The Morgan fingerprint density at radius 1 is 1.45 bits per heavy atom. The number of amides is 1. The fraction of sp³-hybridized carbons (Fsp3) is 0.333. The second kappa shape index (κ2) is 4.75. The van der Waals surface area contributed by atoms with E-state index in [1.165, 1.54) is 4.52 Å². The van der Waals surface area contributed by atoms with Crippen LogP contribution in [-0.2, 0) is 9.84 Å². The van der Waals surface area contributed by atoms with Crippen LogP contribution in [0.2, 0.25) is 5.02 Å². The molecule has 0 radical (unpaired) electrons. The van der Waals surface area contributed by atoms with Gasteiger partial charge in [0, 0.05) is 12.2 Å². The molecule has 0 aromatic carbocycles. The van der Waals surface area contributed by atoms with E-state index in [1.807, 2.05) is 0 Å². The Bertz CT molecular complexity index is 784. The van der Waals surface area contributed by atoms with Gasteiger partial charge in [-0.05, 0) is 18.6 Å². The Hall–Kier alpha value is -1.60. The van der Waals surface area contributed by atoms with Crippen LogP contribution in [0, 0.1) is 0 Å². The molecular formula is C12H12ClN3O3S. The number of nitrogens with one attached hydrogen (secondary N) is 1. The number of hydrogen-bond acceptors (Lipinski definition) is 4. The molecule has 1 N–H and O–H groups in total. The summed E-state index contributed by atoms with van der Waals surface area (Å²) in [5.74, 6) is -0.360. The van der Waals surface area contributed by atoms with Gasteiger partial charge in [-0.15, -0.1) is 0 Å². The van der Waals surface area contributed by atoms with Gasteiger partial charge < -0.3 is 5.32 Å². The highest BCUT2D eigenvalue weighted by atomic mass is 35.5. The zero-order chi connectivity index (χ0) is 14.3. The number of rotatable bonds is 2. The third-order valence-corrected chi connectivity index (χ3v) is 5.40. The van der Waals surface area contributed by atoms with Gasteiger partial charge in [0.15, 0.2) is 15.5 Å². The van der Waals surface area contributed by atoms with Crippen molar-refractivity contribution >= 4 is 32.9 Å². The molecule has 1 fully saturated rings. The number of aromatic nitrogens is 2. The molecule has 1 atom stereocenters. The maximum Gasteiger partial charge on any atom is 0.273 e. The first-order valence-electron chi connectivity index (χ1n) is 6.10. The van der Waals surface area contributed by atoms with Crippen molar-refractivity contribution in [2.24, 2.45) is 0 Å². The summed E-state index contributed by atoms with van der Waals surface area (Å²) in [5.41, 5.74) is 0.750. The smallest absolute Gasteiger partial charge is 0.273 e. The molecular weight excluding hydrogens is 302 g/mol. The molecule has 0 spiro atoms. The third kappa shape index (κ3) is 2.38. The van der Waals surface area contributed by atoms with Crippen molar-refractivity contribution in [1.82, 2.24) is 14.9 Å². The van der Waals surface area contributed by atoms with Crippen LogP contribution in [0.4, 0.5) is 0 Å². The normalized spacial score (nSPS) is 21.1. The standard InChI is InChI=1S/C12H12ClN3O3S/c13-10-9-3-1-2-5-16(9)15-11(10)12(17)14-8-4-6-20(18,19)7-8/h1-3,5,8H,4,6-7H2,(H,14,17). The first-order chi connectivity index (χ1) is 9.46. The van der Waals surface area contributed by atoms with Crippen LogP contribution in [-0.4, -0.2) is 41.5 Å². The molecule has 1 unspecified atom stereocenters. The molecule has 2 aromatic rings. The summed E-state index contributed by atoms with van der Waals surface area (Å²) < 4.78 is 24.3. The molecule has 1 amide bonds. The Morgan fingerprint density at radius 3 is 2.90 bits per heavy atom. The average molecular weight is 314 g/mol. The van der Waals surface area contributed by atoms with Gasteiger partial charge in [0.1, 0.15) is 0 Å². The molecule has 1 aliphatic heterocycles. The van der Waals surface area contributed by atoms with E-state index in [2.05, 4.69) is 10.4 Å². The molecule has 0 bridgehead atoms. The number of carbonyl (C=O) groups is 1. The summed E-state index contributed by atoms with van der Waals surface area (Å²) in [6, 6.07) is 4.97. The lowest BCUT2D eigenvalue weighted by Crippen LogP contribution is -2.36. The second-order valence-electron chi connectivity index (χ2n) is 4.77. The van der Waals surface area contributed by atoms with Crippen LogP contribution >= 0.6 is 11.6 Å². The number of pyridine rings is 1. The summed E-state index contributed by atoms with van der Waals surface area (Å²) in [6.07, 6.45) is 2.12. The Balaban J connectivity index is 1.84. The molecule has 0 aliphatic carbocycles. The molecule has 20 heavy (non-hydrogen) atoms. The van der Waals surface area contributed by atoms with Crippen molar-refractivity contribution < 1.29 is 13.2 Å². The molecule has 3 rings (SSSR count). The van der Waals surface area contributed by atoms with Crippen LogP contribution in [0.15, 0.2) is 24.4 Å². The van der Waals surface area contributed by atoms with Crippen LogP contribution in [0.1, 0.15) is 16.9 Å². The number of carbonyl (C=O) groups excluding carboxylic acids is 1. The molecule has 2 aromatic heterocycles. The van der Waals surface area contributed by atoms with Crippen molar-refractivity contribution in [3.8, 4) is 0 Å². The summed E-state index contributed by atoms with van der Waals surface area (Å²) in [6.45, 7) is 0. The van der Waals surface area contributed by atoms with E-state index in [-0.39, 0.29) is 28.3 Å². The minimum Gasteiger partial charge on any atom is -0.347 e. The van der Waals surface area contributed by atoms with Gasteiger partial charge in [-0.2, -0.15) is 5.10 Å². The van der Waals surface area contributed by atoms with Gasteiger partial charge in [0.05, 0.1) is 22.0 Å². The van der Waals surface area contributed by atoms with Crippen LogP contribution in [0.3, 0.4) is 0 Å². The maximum atomic E-state index is 12.1. The zero-order valence-corrected chi connectivity index (χ0v) is 12.0. The summed E-state index contributed by atoms with van der Waals surface area (Å²) in [7, 11) is -3.03. The molecule has 1 saturated heterocycles. The van der Waals surface area contributed by atoms with Gasteiger partial charge in [0.25, 0.3) is 5.91 Å². The highest BCUT2D eigenvalue weighted by molar-refractivity contribution is 7.91. The number of hydrogen-bond donors (Lipinski definition) is 1. The average Bonchev–Trinajstić information content (AvgIpc) is 2.91. The van der Waals surface area contributed by atoms with E-state index in [1.54, 1.807) is 24.4 Å². The molecule has 8 heteroatoms. The van der Waals surface area contributed by atoms with E-state index >= 15 is 0 Å². The third-order valence-electron chi connectivity index (χ3n) is 3.26. The first-order valence-corrected chi connectivity index (χ1v) is 8.30. The minimum absolute atomic E-state index is 0.0241. The number of sulfone groups is 1. The number of fused-ring (bicyclic) bond motifs is 1. The Kier molecular flexibility index (Phi) is 3.18. The fourth-order valence-corrected chi connectivity index (χ4v) is 4.22. The van der Waals surface area contributed by atoms with Gasteiger partial charge in [-0.1, -0.05) is 17.7 Å². The van der Waals surface area contributed by atoms with Crippen molar-refractivity contribution in [2.75, 3.05) is 11.5 Å². The fourth-order valence-electron chi connectivity index (χ4n) is 2.28. The van der Waals surface area contributed by atoms with Crippen LogP contribution in [0.5, 0.6) is 0 Å². The topological polar surface area (TPSA) is 80.5 Å². The van der Waals surface area contributed by atoms with E-state index in [9.17, 15) is 13.2 Å². The molecule has 3 heterocycles. The molecule has 0 saturated carbocycles. The Labute approximate surface area is 120 Å². The largest absolute Gasteiger partial charge is 0.347 e. The van der Waals surface area contributed by atoms with Gasteiger partial charge in [-0.3, -0.25) is 4.79 Å². The SMILES string of the molecule is O=C(NC1CCS(=O)(=O)C1)c1nn2ccccc2c1Cl. The van der Waals surface area contributed by atoms with Crippen molar-refractivity contribution in [1.29, 1.82) is 0 Å². The predicted octanol–water partition coefficient (Wildman–Crippen LogP) is 0.905. The first kappa shape index (κ1) is 13.4. The van der Waals surface area contributed by atoms with E-state index in [4.69, 9.17) is 11.6 Å². The maximum absolute atomic E-state index is 12.1. The van der Waals surface area contributed by atoms with E-state index in [0.29, 0.717) is 11.9 Å². The lowest BCUT2D eigenvalue weighted by Gasteiger charge is -2.08. The molecule has 106 valence electrons. The highest BCUT2D eigenvalue weighted by Gasteiger charge is 2.30. The van der Waals surface area contributed by atoms with Crippen LogP contribution < -0.4 is 5.32 Å². The van der Waals surface area contributed by atoms with Crippen molar-refractivity contribution in [3.63, 3.8) is 0 Å². The number of halogens is 1. The van der Waals surface area contributed by atoms with Crippen molar-refractivity contribution in [2.45, 2.75) is 12.5 Å². The minimum atomic E-state index is -3.03. The van der Waals surface area contributed by atoms with Crippen molar-refractivity contribution in [3.05, 3.63) is 35.1 Å². The zero-order valence-electron chi connectivity index (χ0n) is 10.4. The highest BCUT2D eigenvalue weighted by Crippen LogP contribution is 2.22. The summed E-state index contributed by atoms with van der Waals surface area (Å²) >= 11 is 6.13. The van der Waals surface area contributed by atoms with Gasteiger partial charge in [-0.25, -0.2) is 12.9 Å². The second-order valence-corrected chi connectivity index (χ2v) is 7.37. The lowest BCUT2D eigenvalue weighted by atomic mass is 10.2. The van der Waals surface area contributed by atoms with Gasteiger partial charge >= 0.3 is 0 Å². The summed E-state index contributed by atoms with van der Waals surface area (Å²) in [4.78, 5) is 12.1.